The molecule has 1 aliphatic rings. The highest BCUT2D eigenvalue weighted by atomic mass is 16.2. The monoisotopic (exact) mass is 410 g/mol. The van der Waals surface area contributed by atoms with Gasteiger partial charge < -0.3 is 15.5 Å². The Hall–Kier alpha value is -2.83. The number of hydrogen-bond acceptors (Lipinski definition) is 3. The molecule has 1 fully saturated rings. The lowest BCUT2D eigenvalue weighted by Crippen LogP contribution is -2.49. The summed E-state index contributed by atoms with van der Waals surface area (Å²) >= 11 is 0. The van der Waals surface area contributed by atoms with Gasteiger partial charge in [-0.2, -0.15) is 5.10 Å². The molecular weight excluding hydrogens is 376 g/mol. The first kappa shape index (κ1) is 21.9. The Morgan fingerprint density at radius 2 is 1.90 bits per heavy atom. The summed E-state index contributed by atoms with van der Waals surface area (Å²) in [6, 6.07) is 10.3. The maximum absolute atomic E-state index is 12.8. The van der Waals surface area contributed by atoms with Crippen LogP contribution in [-0.4, -0.2) is 53.7 Å². The Kier molecular flexibility index (Phi) is 7.49. The summed E-state index contributed by atoms with van der Waals surface area (Å²) in [4.78, 5) is 19.4. The predicted octanol–water partition coefficient (Wildman–Crippen LogP) is 2.64. The van der Waals surface area contributed by atoms with Gasteiger partial charge in [0.15, 0.2) is 5.96 Å². The normalized spacial score (nSPS) is 15.8. The predicted molar refractivity (Wildman–Crippen MR) is 120 cm³/mol. The molecule has 1 heterocycles. The lowest BCUT2D eigenvalue weighted by atomic mass is 9.84. The van der Waals surface area contributed by atoms with Crippen molar-refractivity contribution >= 4 is 11.9 Å². The summed E-state index contributed by atoms with van der Waals surface area (Å²) in [5, 5.41) is 11.1. The number of aliphatic imine (C=N–C) groups is 1. The van der Waals surface area contributed by atoms with Crippen LogP contribution in [0.4, 0.5) is 0 Å². The SMILES string of the molecule is CCNC(=NCc1ccccc1Cn1cccn1)NCC1(C(=O)N(C)C)CCCC1. The number of guanidine groups is 1. The van der Waals surface area contributed by atoms with Crippen molar-refractivity contribution in [3.8, 4) is 0 Å². The van der Waals surface area contributed by atoms with Crippen LogP contribution in [0.3, 0.4) is 0 Å². The average molecular weight is 411 g/mol. The number of amides is 1. The van der Waals surface area contributed by atoms with Crippen molar-refractivity contribution in [3.63, 3.8) is 0 Å². The molecule has 7 nitrogen and oxygen atoms in total. The van der Waals surface area contributed by atoms with Gasteiger partial charge in [0.1, 0.15) is 0 Å². The van der Waals surface area contributed by atoms with Crippen LogP contribution in [0.5, 0.6) is 0 Å². The standard InChI is InChI=1S/C23H34N6O/c1-4-24-22(26-18-23(12-7-8-13-23)21(30)28(2)3)25-16-19-10-5-6-11-20(19)17-29-15-9-14-27-29/h5-6,9-11,14-15H,4,7-8,12-13,16-18H2,1-3H3,(H2,24,25,26). The zero-order valence-electron chi connectivity index (χ0n) is 18.4. The number of aromatic nitrogens is 2. The molecule has 0 aliphatic heterocycles. The molecule has 1 aromatic heterocycles. The van der Waals surface area contributed by atoms with Crippen molar-refractivity contribution in [2.24, 2.45) is 10.4 Å². The first-order valence-electron chi connectivity index (χ1n) is 10.8. The lowest BCUT2D eigenvalue weighted by Gasteiger charge is -2.31. The van der Waals surface area contributed by atoms with Crippen molar-refractivity contribution in [1.82, 2.24) is 25.3 Å². The minimum atomic E-state index is -0.322. The number of benzene rings is 1. The Bertz CT molecular complexity index is 837. The van der Waals surface area contributed by atoms with Gasteiger partial charge in [0.25, 0.3) is 0 Å². The molecule has 1 aliphatic carbocycles. The second-order valence-corrected chi connectivity index (χ2v) is 8.21. The summed E-state index contributed by atoms with van der Waals surface area (Å²) in [7, 11) is 3.69. The Labute approximate surface area is 179 Å². The number of hydrogen-bond donors (Lipinski definition) is 2. The summed E-state index contributed by atoms with van der Waals surface area (Å²) in [6.45, 7) is 4.74. The molecule has 3 rings (SSSR count). The Morgan fingerprint density at radius 1 is 1.17 bits per heavy atom. The summed E-state index contributed by atoms with van der Waals surface area (Å²) in [5.74, 6) is 0.970. The van der Waals surface area contributed by atoms with Gasteiger partial charge in [-0.1, -0.05) is 37.1 Å². The zero-order valence-corrected chi connectivity index (χ0v) is 18.4. The molecule has 0 spiro atoms. The van der Waals surface area contributed by atoms with E-state index in [9.17, 15) is 4.79 Å². The van der Waals surface area contributed by atoms with Crippen molar-refractivity contribution in [3.05, 3.63) is 53.9 Å². The fourth-order valence-electron chi connectivity index (χ4n) is 4.19. The maximum Gasteiger partial charge on any atom is 0.230 e. The third-order valence-corrected chi connectivity index (χ3v) is 5.78. The smallest absolute Gasteiger partial charge is 0.230 e. The van der Waals surface area contributed by atoms with Gasteiger partial charge in [0, 0.05) is 39.6 Å². The number of nitrogens with zero attached hydrogens (tertiary/aromatic N) is 4. The average Bonchev–Trinajstić information content (AvgIpc) is 3.43. The summed E-state index contributed by atoms with van der Waals surface area (Å²) < 4.78 is 1.92. The fraction of sp³-hybridized carbons (Fsp3) is 0.522. The van der Waals surface area contributed by atoms with Crippen LogP contribution in [0.2, 0.25) is 0 Å². The Morgan fingerprint density at radius 3 is 2.53 bits per heavy atom. The number of carbonyl (C=O) groups is 1. The molecule has 2 aromatic rings. The van der Waals surface area contributed by atoms with E-state index < -0.39 is 0 Å². The topological polar surface area (TPSA) is 74.5 Å². The van der Waals surface area contributed by atoms with Gasteiger partial charge >= 0.3 is 0 Å². The van der Waals surface area contributed by atoms with E-state index in [1.165, 1.54) is 11.1 Å². The molecule has 1 saturated carbocycles. The summed E-state index contributed by atoms with van der Waals surface area (Å²) in [5.41, 5.74) is 2.05. The molecule has 0 radical (unpaired) electrons. The molecule has 0 saturated heterocycles. The highest BCUT2D eigenvalue weighted by Crippen LogP contribution is 2.38. The number of nitrogens with one attached hydrogen (secondary N) is 2. The minimum absolute atomic E-state index is 0.216. The summed E-state index contributed by atoms with van der Waals surface area (Å²) in [6.07, 6.45) is 7.84. The van der Waals surface area contributed by atoms with Crippen molar-refractivity contribution in [2.45, 2.75) is 45.7 Å². The molecule has 1 amide bonds. The molecule has 7 heteroatoms. The third kappa shape index (κ3) is 5.40. The van der Waals surface area contributed by atoms with Crippen LogP contribution in [0.25, 0.3) is 0 Å². The zero-order chi connectivity index (χ0) is 21.4. The minimum Gasteiger partial charge on any atom is -0.357 e. The first-order valence-corrected chi connectivity index (χ1v) is 10.8. The number of rotatable bonds is 8. The van der Waals surface area contributed by atoms with Gasteiger partial charge in [-0.25, -0.2) is 4.99 Å². The molecule has 30 heavy (non-hydrogen) atoms. The molecule has 2 N–H and O–H groups in total. The van der Waals surface area contributed by atoms with Crippen molar-refractivity contribution in [2.75, 3.05) is 27.2 Å². The van der Waals surface area contributed by atoms with E-state index in [-0.39, 0.29) is 11.3 Å². The Balaban J connectivity index is 1.70. The van der Waals surface area contributed by atoms with Crippen molar-refractivity contribution < 1.29 is 4.79 Å². The van der Waals surface area contributed by atoms with E-state index in [1.54, 1.807) is 11.1 Å². The quantitative estimate of drug-likeness (QED) is 0.518. The second kappa shape index (κ2) is 10.3. The van der Waals surface area contributed by atoms with Gasteiger partial charge in [-0.3, -0.25) is 9.48 Å². The molecular formula is C23H34N6O. The van der Waals surface area contributed by atoms with Crippen LogP contribution in [-0.2, 0) is 17.9 Å². The van der Waals surface area contributed by atoms with E-state index in [4.69, 9.17) is 4.99 Å². The fourth-order valence-corrected chi connectivity index (χ4v) is 4.19. The van der Waals surface area contributed by atoms with E-state index in [0.717, 1.165) is 44.7 Å². The molecule has 162 valence electrons. The van der Waals surface area contributed by atoms with Crippen LogP contribution < -0.4 is 10.6 Å². The van der Waals surface area contributed by atoms with Gasteiger partial charge in [-0.15, -0.1) is 0 Å². The highest BCUT2D eigenvalue weighted by molar-refractivity contribution is 5.85. The van der Waals surface area contributed by atoms with Gasteiger partial charge in [0.2, 0.25) is 5.91 Å². The van der Waals surface area contributed by atoms with Crippen LogP contribution >= 0.6 is 0 Å². The molecule has 0 bridgehead atoms. The van der Waals surface area contributed by atoms with E-state index in [2.05, 4.69) is 34.8 Å². The van der Waals surface area contributed by atoms with Gasteiger partial charge in [-0.05, 0) is 37.0 Å². The van der Waals surface area contributed by atoms with E-state index in [0.29, 0.717) is 13.1 Å². The third-order valence-electron chi connectivity index (χ3n) is 5.78. The first-order chi connectivity index (χ1) is 14.5. The lowest BCUT2D eigenvalue weighted by molar-refractivity contribution is -0.138. The molecule has 0 unspecified atom stereocenters. The molecule has 0 atom stereocenters. The van der Waals surface area contributed by atoms with Crippen molar-refractivity contribution in [1.29, 1.82) is 0 Å². The second-order valence-electron chi connectivity index (χ2n) is 8.21. The van der Waals surface area contributed by atoms with E-state index in [1.807, 2.05) is 43.2 Å². The van der Waals surface area contributed by atoms with Crippen LogP contribution in [0.1, 0.15) is 43.7 Å². The van der Waals surface area contributed by atoms with Crippen LogP contribution in [0, 0.1) is 5.41 Å². The van der Waals surface area contributed by atoms with Gasteiger partial charge in [0.05, 0.1) is 18.5 Å². The van der Waals surface area contributed by atoms with E-state index >= 15 is 0 Å². The largest absolute Gasteiger partial charge is 0.357 e. The molecule has 1 aromatic carbocycles. The maximum atomic E-state index is 12.8. The number of carbonyl (C=O) groups excluding carboxylic acids is 1. The van der Waals surface area contributed by atoms with Crippen LogP contribution in [0.15, 0.2) is 47.7 Å². The highest BCUT2D eigenvalue weighted by Gasteiger charge is 2.42.